The number of hydrogen-bond acceptors (Lipinski definition) is 4. The highest BCUT2D eigenvalue weighted by molar-refractivity contribution is 5.77. The van der Waals surface area contributed by atoms with E-state index in [1.165, 1.54) is 42.8 Å². The van der Waals surface area contributed by atoms with Crippen LogP contribution in [0.1, 0.15) is 35.9 Å². The van der Waals surface area contributed by atoms with Crippen LogP contribution in [0.5, 0.6) is 5.75 Å². The van der Waals surface area contributed by atoms with Gasteiger partial charge in [-0.3, -0.25) is 9.48 Å². The van der Waals surface area contributed by atoms with Gasteiger partial charge in [-0.1, -0.05) is 0 Å². The molecule has 1 aromatic carbocycles. The van der Waals surface area contributed by atoms with E-state index in [-0.39, 0.29) is 18.3 Å². The molecule has 2 heterocycles. The first-order valence-corrected chi connectivity index (χ1v) is 9.30. The smallest absolute Gasteiger partial charge is 0.261 e. The van der Waals surface area contributed by atoms with Crippen LogP contribution in [-0.2, 0) is 24.9 Å². The van der Waals surface area contributed by atoms with Crippen molar-refractivity contribution in [2.45, 2.75) is 31.8 Å². The highest BCUT2D eigenvalue weighted by atomic mass is 19.1. The lowest BCUT2D eigenvalue weighted by molar-refractivity contribution is -0.135. The Morgan fingerprint density at radius 1 is 1.29 bits per heavy atom. The summed E-state index contributed by atoms with van der Waals surface area (Å²) in [7, 11) is 1.94. The zero-order chi connectivity index (χ0) is 19.5. The molecule has 0 spiro atoms. The number of rotatable bonds is 8. The van der Waals surface area contributed by atoms with Gasteiger partial charge in [0, 0.05) is 18.7 Å². The Balaban J connectivity index is 1.45. The molecular weight excluding hydrogens is 361 g/mol. The Bertz CT molecular complexity index is 930. The van der Waals surface area contributed by atoms with E-state index in [2.05, 4.69) is 11.2 Å². The lowest BCUT2D eigenvalue weighted by Crippen LogP contribution is -2.34. The minimum atomic E-state index is -0.347. The highest BCUT2D eigenvalue weighted by Gasteiger charge is 2.28. The maximum absolute atomic E-state index is 13.0. The number of aromatic nitrogens is 2. The van der Waals surface area contributed by atoms with E-state index in [9.17, 15) is 9.18 Å². The second-order valence-corrected chi connectivity index (χ2v) is 7.03. The lowest BCUT2D eigenvalue weighted by Gasteiger charge is -2.21. The predicted molar refractivity (Wildman–Crippen MR) is 100 cm³/mol. The number of hydrogen-bond donors (Lipinski definition) is 0. The molecule has 1 saturated carbocycles. The molecule has 0 bridgehead atoms. The standard InChI is InChI=1S/C21H22FN3O3/c1-24-20(15-4-5-15)11-17(23-24)12-25(13-19-3-2-10-27-19)21(26)14-28-18-8-6-16(22)7-9-18/h2-3,6-11,15H,4-5,12-14H2,1H3. The minimum absolute atomic E-state index is 0.144. The Morgan fingerprint density at radius 2 is 2.07 bits per heavy atom. The Kier molecular flexibility index (Phi) is 5.14. The molecule has 0 unspecified atom stereocenters. The summed E-state index contributed by atoms with van der Waals surface area (Å²) in [4.78, 5) is 14.5. The summed E-state index contributed by atoms with van der Waals surface area (Å²) in [5, 5.41) is 4.56. The number of nitrogens with zero attached hydrogens (tertiary/aromatic N) is 3. The molecule has 1 fully saturated rings. The van der Waals surface area contributed by atoms with Crippen LogP contribution in [0.4, 0.5) is 4.39 Å². The number of ether oxygens (including phenoxy) is 1. The molecule has 3 aromatic rings. The average molecular weight is 383 g/mol. The van der Waals surface area contributed by atoms with Gasteiger partial charge in [0.15, 0.2) is 6.61 Å². The molecule has 0 radical (unpaired) electrons. The maximum atomic E-state index is 13.0. The second kappa shape index (κ2) is 7.88. The van der Waals surface area contributed by atoms with E-state index < -0.39 is 0 Å². The first-order chi connectivity index (χ1) is 13.6. The third kappa shape index (κ3) is 4.42. The van der Waals surface area contributed by atoms with Crippen LogP contribution in [-0.4, -0.2) is 27.2 Å². The molecule has 1 aliphatic carbocycles. The van der Waals surface area contributed by atoms with E-state index in [1.54, 1.807) is 17.2 Å². The SMILES string of the molecule is Cn1nc(CN(Cc2ccco2)C(=O)COc2ccc(F)cc2)cc1C1CC1. The number of amides is 1. The number of furan rings is 1. The molecule has 7 heteroatoms. The summed E-state index contributed by atoms with van der Waals surface area (Å²) in [6.07, 6.45) is 3.97. The summed E-state index contributed by atoms with van der Waals surface area (Å²) < 4.78 is 25.8. The van der Waals surface area contributed by atoms with Crippen molar-refractivity contribution in [2.24, 2.45) is 7.05 Å². The number of aryl methyl sites for hydroxylation is 1. The van der Waals surface area contributed by atoms with Gasteiger partial charge < -0.3 is 14.1 Å². The quantitative estimate of drug-likeness (QED) is 0.596. The van der Waals surface area contributed by atoms with Crippen molar-refractivity contribution in [3.05, 3.63) is 71.7 Å². The molecule has 1 amide bonds. The first kappa shape index (κ1) is 18.3. The monoisotopic (exact) mass is 383 g/mol. The third-order valence-corrected chi connectivity index (χ3v) is 4.77. The summed E-state index contributed by atoms with van der Waals surface area (Å²) in [5.74, 6) is 1.18. The summed E-state index contributed by atoms with van der Waals surface area (Å²) in [6, 6.07) is 11.3. The maximum Gasteiger partial charge on any atom is 0.261 e. The van der Waals surface area contributed by atoms with Crippen molar-refractivity contribution >= 4 is 5.91 Å². The summed E-state index contributed by atoms with van der Waals surface area (Å²) in [6.45, 7) is 0.551. The van der Waals surface area contributed by atoms with E-state index in [4.69, 9.17) is 9.15 Å². The molecule has 0 atom stereocenters. The van der Waals surface area contributed by atoms with Crippen LogP contribution < -0.4 is 4.74 Å². The fourth-order valence-corrected chi connectivity index (χ4v) is 3.17. The average Bonchev–Trinajstić information content (AvgIpc) is 3.27. The van der Waals surface area contributed by atoms with Crippen LogP contribution in [0.15, 0.2) is 53.1 Å². The number of halogens is 1. The van der Waals surface area contributed by atoms with Crippen LogP contribution >= 0.6 is 0 Å². The second-order valence-electron chi connectivity index (χ2n) is 7.03. The van der Waals surface area contributed by atoms with Crippen molar-refractivity contribution in [1.29, 1.82) is 0 Å². The zero-order valence-electron chi connectivity index (χ0n) is 15.7. The fraction of sp³-hybridized carbons (Fsp3) is 0.333. The van der Waals surface area contributed by atoms with Gasteiger partial charge >= 0.3 is 0 Å². The van der Waals surface area contributed by atoms with Crippen LogP contribution in [0.2, 0.25) is 0 Å². The van der Waals surface area contributed by atoms with Crippen LogP contribution in [0, 0.1) is 5.82 Å². The third-order valence-electron chi connectivity index (χ3n) is 4.77. The van der Waals surface area contributed by atoms with E-state index in [1.807, 2.05) is 17.8 Å². The highest BCUT2D eigenvalue weighted by Crippen LogP contribution is 2.40. The van der Waals surface area contributed by atoms with Gasteiger partial charge in [0.05, 0.1) is 25.0 Å². The molecular formula is C21H22FN3O3. The fourth-order valence-electron chi connectivity index (χ4n) is 3.17. The minimum Gasteiger partial charge on any atom is -0.484 e. The number of benzene rings is 1. The molecule has 4 rings (SSSR count). The van der Waals surface area contributed by atoms with Crippen molar-refractivity contribution < 1.29 is 18.3 Å². The lowest BCUT2D eigenvalue weighted by atomic mass is 10.2. The van der Waals surface area contributed by atoms with Gasteiger partial charge in [-0.05, 0) is 55.3 Å². The Labute approximate surface area is 162 Å². The molecule has 146 valence electrons. The number of carbonyl (C=O) groups is 1. The molecule has 28 heavy (non-hydrogen) atoms. The van der Waals surface area contributed by atoms with Crippen molar-refractivity contribution in [3.8, 4) is 5.75 Å². The van der Waals surface area contributed by atoms with Gasteiger partial charge in [0.1, 0.15) is 17.3 Å². The normalized spacial score (nSPS) is 13.5. The van der Waals surface area contributed by atoms with Crippen molar-refractivity contribution in [2.75, 3.05) is 6.61 Å². The van der Waals surface area contributed by atoms with Gasteiger partial charge in [-0.2, -0.15) is 5.10 Å². The molecule has 0 saturated heterocycles. The van der Waals surface area contributed by atoms with E-state index >= 15 is 0 Å². The zero-order valence-corrected chi connectivity index (χ0v) is 15.7. The molecule has 1 aliphatic rings. The summed E-state index contributed by atoms with van der Waals surface area (Å²) in [5.41, 5.74) is 2.05. The largest absolute Gasteiger partial charge is 0.484 e. The summed E-state index contributed by atoms with van der Waals surface area (Å²) >= 11 is 0. The molecule has 2 aromatic heterocycles. The van der Waals surface area contributed by atoms with Crippen LogP contribution in [0.3, 0.4) is 0 Å². The van der Waals surface area contributed by atoms with E-state index in [0.717, 1.165) is 5.69 Å². The number of carbonyl (C=O) groups excluding carboxylic acids is 1. The van der Waals surface area contributed by atoms with Gasteiger partial charge in [-0.25, -0.2) is 4.39 Å². The van der Waals surface area contributed by atoms with Crippen molar-refractivity contribution in [1.82, 2.24) is 14.7 Å². The van der Waals surface area contributed by atoms with Gasteiger partial charge in [0.2, 0.25) is 0 Å². The topological polar surface area (TPSA) is 60.5 Å². The molecule has 0 N–H and O–H groups in total. The predicted octanol–water partition coefficient (Wildman–Crippen LogP) is 3.64. The van der Waals surface area contributed by atoms with Gasteiger partial charge in [0.25, 0.3) is 5.91 Å². The van der Waals surface area contributed by atoms with E-state index in [0.29, 0.717) is 30.5 Å². The molecule has 0 aliphatic heterocycles. The van der Waals surface area contributed by atoms with Crippen LogP contribution in [0.25, 0.3) is 0 Å². The Hall–Kier alpha value is -3.09. The van der Waals surface area contributed by atoms with Gasteiger partial charge in [-0.15, -0.1) is 0 Å². The Morgan fingerprint density at radius 3 is 2.75 bits per heavy atom. The van der Waals surface area contributed by atoms with Crippen molar-refractivity contribution in [3.63, 3.8) is 0 Å². The first-order valence-electron chi connectivity index (χ1n) is 9.30. The molecule has 6 nitrogen and oxygen atoms in total.